The van der Waals surface area contributed by atoms with Crippen LogP contribution in [0.25, 0.3) is 0 Å². The van der Waals surface area contributed by atoms with E-state index >= 15 is 0 Å². The van der Waals surface area contributed by atoms with E-state index in [1.54, 1.807) is 6.07 Å². The van der Waals surface area contributed by atoms with Crippen LogP contribution in [0.2, 0.25) is 0 Å². The Hall–Kier alpha value is -0.280. The molecule has 4 heteroatoms. The average molecular weight is 237 g/mol. The molecule has 1 aromatic rings. The van der Waals surface area contributed by atoms with Crippen molar-refractivity contribution in [3.8, 4) is 0 Å². The Morgan fingerprint density at radius 3 is 2.57 bits per heavy atom. The van der Waals surface area contributed by atoms with Gasteiger partial charge in [0.05, 0.1) is 0 Å². The number of thiol groups is 1. The van der Waals surface area contributed by atoms with Gasteiger partial charge in [0.15, 0.2) is 0 Å². The van der Waals surface area contributed by atoms with E-state index in [1.807, 2.05) is 0 Å². The minimum atomic E-state index is -2.43. The second kappa shape index (κ2) is 5.56. The first kappa shape index (κ1) is 11.8. The number of benzene rings is 1. The van der Waals surface area contributed by atoms with Crippen LogP contribution in [0.5, 0.6) is 0 Å². The highest BCUT2D eigenvalue weighted by atomic mass is 35.5. The summed E-state index contributed by atoms with van der Waals surface area (Å²) in [6, 6.07) is 4.54. The summed E-state index contributed by atoms with van der Waals surface area (Å²) in [5.74, 6) is 0.573. The molecule has 0 heterocycles. The third-order valence-corrected chi connectivity index (χ3v) is 2.62. The lowest BCUT2D eigenvalue weighted by atomic mass is 10.1. The third kappa shape index (κ3) is 3.14. The van der Waals surface area contributed by atoms with Crippen LogP contribution in [0.4, 0.5) is 8.78 Å². The van der Waals surface area contributed by atoms with Gasteiger partial charge in [-0.3, -0.25) is 0 Å². The first-order chi connectivity index (χ1) is 6.65. The average Bonchev–Trinajstić information content (AvgIpc) is 2.15. The molecule has 0 aromatic heterocycles. The van der Waals surface area contributed by atoms with Gasteiger partial charge in [0, 0.05) is 16.3 Å². The molecule has 0 atom stereocenters. The molecule has 0 amide bonds. The van der Waals surface area contributed by atoms with Crippen molar-refractivity contribution in [2.24, 2.45) is 0 Å². The Bertz CT molecular complexity index is 302. The summed E-state index contributed by atoms with van der Waals surface area (Å²) in [7, 11) is 0. The fraction of sp³-hybridized carbons (Fsp3) is 0.400. The van der Waals surface area contributed by atoms with E-state index in [2.05, 4.69) is 12.6 Å². The molecule has 0 radical (unpaired) electrons. The molecule has 0 bridgehead atoms. The zero-order chi connectivity index (χ0) is 10.6. The van der Waals surface area contributed by atoms with Crippen molar-refractivity contribution < 1.29 is 8.78 Å². The summed E-state index contributed by atoms with van der Waals surface area (Å²) in [6.45, 7) is 0. The molecule has 78 valence electrons. The van der Waals surface area contributed by atoms with Crippen LogP contribution in [0.1, 0.15) is 24.0 Å². The van der Waals surface area contributed by atoms with Crippen LogP contribution >= 0.6 is 24.2 Å². The van der Waals surface area contributed by atoms with Crippen molar-refractivity contribution in [2.75, 3.05) is 5.88 Å². The third-order valence-electron chi connectivity index (χ3n) is 1.94. The lowest BCUT2D eigenvalue weighted by Crippen LogP contribution is -1.91. The molecule has 0 aliphatic carbocycles. The van der Waals surface area contributed by atoms with E-state index in [1.165, 1.54) is 12.1 Å². The maximum absolute atomic E-state index is 12.3. The Labute approximate surface area is 92.7 Å². The van der Waals surface area contributed by atoms with E-state index in [0.717, 1.165) is 18.4 Å². The van der Waals surface area contributed by atoms with Gasteiger partial charge in [-0.1, -0.05) is 12.1 Å². The van der Waals surface area contributed by atoms with Crippen LogP contribution in [0, 0.1) is 0 Å². The summed E-state index contributed by atoms with van der Waals surface area (Å²) >= 11 is 9.70. The standard InChI is InChI=1S/C10H11ClF2S/c11-5-1-2-7-3-4-8(10(12)13)6-9(7)14/h3-4,6,10,14H,1-2,5H2. The van der Waals surface area contributed by atoms with Gasteiger partial charge in [-0.05, 0) is 24.5 Å². The zero-order valence-electron chi connectivity index (χ0n) is 7.51. The normalized spacial score (nSPS) is 10.9. The number of rotatable bonds is 4. The summed E-state index contributed by atoms with van der Waals surface area (Å²) in [5, 5.41) is 0. The van der Waals surface area contributed by atoms with Crippen LogP contribution in [-0.2, 0) is 6.42 Å². The highest BCUT2D eigenvalue weighted by Gasteiger charge is 2.08. The molecular weight excluding hydrogens is 226 g/mol. The number of alkyl halides is 3. The van der Waals surface area contributed by atoms with Gasteiger partial charge in [0.25, 0.3) is 6.43 Å². The van der Waals surface area contributed by atoms with Crippen molar-refractivity contribution in [3.05, 3.63) is 29.3 Å². The van der Waals surface area contributed by atoms with Crippen LogP contribution in [0.3, 0.4) is 0 Å². The summed E-state index contributed by atoms with van der Waals surface area (Å²) < 4.78 is 24.6. The van der Waals surface area contributed by atoms with Crippen molar-refractivity contribution in [2.45, 2.75) is 24.2 Å². The Morgan fingerprint density at radius 2 is 2.07 bits per heavy atom. The highest BCUT2D eigenvalue weighted by molar-refractivity contribution is 7.80. The smallest absolute Gasteiger partial charge is 0.205 e. The Kier molecular flexibility index (Phi) is 4.69. The fourth-order valence-corrected chi connectivity index (χ4v) is 1.65. The largest absolute Gasteiger partial charge is 0.263 e. The second-order valence-electron chi connectivity index (χ2n) is 2.98. The van der Waals surface area contributed by atoms with Gasteiger partial charge in [0.1, 0.15) is 0 Å². The maximum Gasteiger partial charge on any atom is 0.263 e. The topological polar surface area (TPSA) is 0 Å². The zero-order valence-corrected chi connectivity index (χ0v) is 9.16. The highest BCUT2D eigenvalue weighted by Crippen LogP contribution is 2.24. The minimum Gasteiger partial charge on any atom is -0.205 e. The fourth-order valence-electron chi connectivity index (χ4n) is 1.19. The van der Waals surface area contributed by atoms with Crippen LogP contribution in [0.15, 0.2) is 23.1 Å². The van der Waals surface area contributed by atoms with Crippen molar-refractivity contribution >= 4 is 24.2 Å². The molecular formula is C10H11ClF2S. The number of aryl methyl sites for hydroxylation is 1. The van der Waals surface area contributed by atoms with E-state index in [9.17, 15) is 8.78 Å². The second-order valence-corrected chi connectivity index (χ2v) is 3.84. The van der Waals surface area contributed by atoms with E-state index in [4.69, 9.17) is 11.6 Å². The van der Waals surface area contributed by atoms with Gasteiger partial charge < -0.3 is 0 Å². The molecule has 0 spiro atoms. The van der Waals surface area contributed by atoms with Crippen LogP contribution < -0.4 is 0 Å². The van der Waals surface area contributed by atoms with Gasteiger partial charge in [-0.2, -0.15) is 0 Å². The van der Waals surface area contributed by atoms with Gasteiger partial charge in [-0.25, -0.2) is 8.78 Å². The predicted octanol–water partition coefficient (Wildman–Crippen LogP) is 4.08. The lowest BCUT2D eigenvalue weighted by Gasteiger charge is -2.06. The SMILES string of the molecule is FC(F)c1ccc(CCCCl)c(S)c1. The number of hydrogen-bond donors (Lipinski definition) is 1. The summed E-state index contributed by atoms with van der Waals surface area (Å²) in [4.78, 5) is 0.618. The Balaban J connectivity index is 2.79. The predicted molar refractivity (Wildman–Crippen MR) is 57.7 cm³/mol. The van der Waals surface area contributed by atoms with Gasteiger partial charge in [-0.15, -0.1) is 24.2 Å². The van der Waals surface area contributed by atoms with Crippen molar-refractivity contribution in [3.63, 3.8) is 0 Å². The number of hydrogen-bond acceptors (Lipinski definition) is 1. The van der Waals surface area contributed by atoms with Gasteiger partial charge in [0.2, 0.25) is 0 Å². The monoisotopic (exact) mass is 236 g/mol. The molecule has 0 nitrogen and oxygen atoms in total. The lowest BCUT2D eigenvalue weighted by molar-refractivity contribution is 0.151. The molecule has 0 aliphatic heterocycles. The van der Waals surface area contributed by atoms with E-state index < -0.39 is 6.43 Å². The van der Waals surface area contributed by atoms with Gasteiger partial charge >= 0.3 is 0 Å². The quantitative estimate of drug-likeness (QED) is 0.591. The molecule has 0 saturated heterocycles. The number of halogens is 3. The first-order valence-electron chi connectivity index (χ1n) is 4.31. The summed E-state index contributed by atoms with van der Waals surface area (Å²) in [5.41, 5.74) is 0.989. The molecule has 1 aromatic carbocycles. The molecule has 14 heavy (non-hydrogen) atoms. The van der Waals surface area contributed by atoms with Crippen molar-refractivity contribution in [1.82, 2.24) is 0 Å². The Morgan fingerprint density at radius 1 is 1.36 bits per heavy atom. The molecule has 0 N–H and O–H groups in total. The molecule has 0 fully saturated rings. The minimum absolute atomic E-state index is 0.0182. The van der Waals surface area contributed by atoms with E-state index in [-0.39, 0.29) is 5.56 Å². The van der Waals surface area contributed by atoms with Crippen LogP contribution in [-0.4, -0.2) is 5.88 Å². The molecule has 0 unspecified atom stereocenters. The molecule has 1 rings (SSSR count). The van der Waals surface area contributed by atoms with E-state index in [0.29, 0.717) is 10.8 Å². The molecule has 0 saturated carbocycles. The maximum atomic E-state index is 12.3. The molecule has 0 aliphatic rings. The summed E-state index contributed by atoms with van der Waals surface area (Å²) in [6.07, 6.45) is -0.808. The first-order valence-corrected chi connectivity index (χ1v) is 5.29. The van der Waals surface area contributed by atoms with Crippen molar-refractivity contribution in [1.29, 1.82) is 0 Å².